The van der Waals surface area contributed by atoms with Gasteiger partial charge >= 0.3 is 75.3 Å². The number of hydrogen-bond acceptors (Lipinski definition) is 2. The number of hydrogen-bond donors (Lipinski definition) is 2. The second-order valence-electron chi connectivity index (χ2n) is 2.08. The van der Waals surface area contributed by atoms with Gasteiger partial charge in [0, 0.05) is 0 Å². The van der Waals surface area contributed by atoms with E-state index in [0.717, 1.165) is 23.5 Å². The van der Waals surface area contributed by atoms with Crippen LogP contribution in [0.3, 0.4) is 0 Å². The van der Waals surface area contributed by atoms with Crippen LogP contribution in [0.1, 0.15) is 25.7 Å². The molecule has 0 heterocycles. The van der Waals surface area contributed by atoms with Gasteiger partial charge in [0.2, 0.25) is 0 Å². The summed E-state index contributed by atoms with van der Waals surface area (Å²) in [4.78, 5) is 0. The van der Waals surface area contributed by atoms with Gasteiger partial charge < -0.3 is 0 Å². The third-order valence-corrected chi connectivity index (χ3v) is 3.20. The molecule has 10 heavy (non-hydrogen) atoms. The molecule has 0 saturated carbocycles. The molecule has 0 unspecified atom stereocenters. The molecule has 2 nitrogen and oxygen atoms in total. The second kappa shape index (κ2) is 9.96. The van der Waals surface area contributed by atoms with Gasteiger partial charge in [-0.25, -0.2) is 0 Å². The SMILES string of the molecule is O[Se]CCCCCC[Se]O. The fourth-order valence-electron chi connectivity index (χ4n) is 0.687. The molecule has 2 N–H and O–H groups in total. The first-order valence-electron chi connectivity index (χ1n) is 3.44. The Morgan fingerprint density at radius 2 is 1.10 bits per heavy atom. The maximum atomic E-state index is 8.49. The van der Waals surface area contributed by atoms with Crippen LogP contribution in [0.25, 0.3) is 0 Å². The monoisotopic (exact) mass is 278 g/mol. The average molecular weight is 276 g/mol. The van der Waals surface area contributed by atoms with Crippen molar-refractivity contribution in [1.29, 1.82) is 0 Å². The van der Waals surface area contributed by atoms with Crippen molar-refractivity contribution in [2.45, 2.75) is 36.3 Å². The summed E-state index contributed by atoms with van der Waals surface area (Å²) in [6, 6.07) is 0. The molecule has 0 fully saturated rings. The predicted molar refractivity (Wildman–Crippen MR) is 44.0 cm³/mol. The van der Waals surface area contributed by atoms with Crippen LogP contribution in [0.5, 0.6) is 0 Å². The first kappa shape index (κ1) is 11.0. The van der Waals surface area contributed by atoms with Crippen LogP contribution >= 0.6 is 0 Å². The molecule has 0 amide bonds. The van der Waals surface area contributed by atoms with Crippen molar-refractivity contribution in [3.05, 3.63) is 0 Å². The summed E-state index contributed by atoms with van der Waals surface area (Å²) in [6.07, 6.45) is 4.76. The molecule has 62 valence electrons. The Morgan fingerprint density at radius 3 is 1.40 bits per heavy atom. The van der Waals surface area contributed by atoms with Gasteiger partial charge in [-0.3, -0.25) is 0 Å². The summed E-state index contributed by atoms with van der Waals surface area (Å²) in [5, 5.41) is 1.99. The van der Waals surface area contributed by atoms with Gasteiger partial charge in [0.05, 0.1) is 0 Å². The molecule has 0 saturated heterocycles. The Hall–Kier alpha value is 0.959. The Bertz CT molecular complexity index is 53.7. The molecule has 0 spiro atoms. The summed E-state index contributed by atoms with van der Waals surface area (Å²) < 4.78 is 17.0. The Labute approximate surface area is 75.4 Å². The van der Waals surface area contributed by atoms with E-state index in [2.05, 4.69) is 0 Å². The molecular formula is C6H14O2Se2. The molecule has 0 radical (unpaired) electrons. The molecule has 0 aromatic heterocycles. The number of unbranched alkanes of at least 4 members (excludes halogenated alkanes) is 3. The van der Waals surface area contributed by atoms with Gasteiger partial charge in [0.25, 0.3) is 0 Å². The summed E-state index contributed by atoms with van der Waals surface area (Å²) >= 11 is -0.248. The van der Waals surface area contributed by atoms with Crippen molar-refractivity contribution in [3.63, 3.8) is 0 Å². The summed E-state index contributed by atoms with van der Waals surface area (Å²) in [5.74, 6) is 0. The molecule has 0 aliphatic rings. The predicted octanol–water partition coefficient (Wildman–Crippen LogP) is 0.606. The van der Waals surface area contributed by atoms with E-state index >= 15 is 0 Å². The summed E-state index contributed by atoms with van der Waals surface area (Å²) in [7, 11) is 0. The fourth-order valence-corrected chi connectivity index (χ4v) is 2.09. The summed E-state index contributed by atoms with van der Waals surface area (Å²) in [5.41, 5.74) is 0. The van der Waals surface area contributed by atoms with Crippen molar-refractivity contribution in [2.24, 2.45) is 0 Å². The average Bonchev–Trinajstić information content (AvgIpc) is 1.97. The minimum atomic E-state index is -0.124. The first-order chi connectivity index (χ1) is 4.91. The summed E-state index contributed by atoms with van der Waals surface area (Å²) in [6.45, 7) is 0. The van der Waals surface area contributed by atoms with E-state index < -0.39 is 0 Å². The maximum absolute atomic E-state index is 8.49. The third-order valence-electron chi connectivity index (χ3n) is 1.22. The van der Waals surface area contributed by atoms with E-state index in [1.165, 1.54) is 12.8 Å². The van der Waals surface area contributed by atoms with Crippen LogP contribution < -0.4 is 0 Å². The van der Waals surface area contributed by atoms with Crippen molar-refractivity contribution in [1.82, 2.24) is 0 Å². The molecule has 0 aliphatic heterocycles. The first-order valence-corrected chi connectivity index (χ1v) is 7.40. The second-order valence-corrected chi connectivity index (χ2v) is 4.88. The Kier molecular flexibility index (Phi) is 10.9. The zero-order valence-electron chi connectivity index (χ0n) is 5.95. The van der Waals surface area contributed by atoms with E-state index in [-0.39, 0.29) is 30.6 Å². The molecule has 0 atom stereocenters. The van der Waals surface area contributed by atoms with Crippen LogP contribution in [0.4, 0.5) is 0 Å². The van der Waals surface area contributed by atoms with Crippen molar-refractivity contribution >= 4 is 30.6 Å². The van der Waals surface area contributed by atoms with Crippen molar-refractivity contribution in [3.8, 4) is 0 Å². The van der Waals surface area contributed by atoms with E-state index in [1.54, 1.807) is 0 Å². The standard InChI is InChI=1S/C6H14O2Se2/c7-9-5-3-1-2-4-6-10-8/h7-8H,1-6H2. The molecule has 0 aromatic rings. The molecule has 0 aliphatic carbocycles. The fraction of sp³-hybridized carbons (Fsp3) is 1.00. The Morgan fingerprint density at radius 1 is 0.700 bits per heavy atom. The quantitative estimate of drug-likeness (QED) is 0.528. The van der Waals surface area contributed by atoms with E-state index in [0.29, 0.717) is 0 Å². The van der Waals surface area contributed by atoms with Crippen LogP contribution in [0, 0.1) is 0 Å². The molecular weight excluding hydrogens is 262 g/mol. The van der Waals surface area contributed by atoms with Gasteiger partial charge in [-0.1, -0.05) is 0 Å². The van der Waals surface area contributed by atoms with E-state index in [9.17, 15) is 0 Å². The molecule has 0 aromatic carbocycles. The van der Waals surface area contributed by atoms with Gasteiger partial charge in [-0.2, -0.15) is 0 Å². The van der Waals surface area contributed by atoms with Gasteiger partial charge in [0.15, 0.2) is 0 Å². The number of rotatable bonds is 7. The van der Waals surface area contributed by atoms with Crippen LogP contribution in [-0.4, -0.2) is 39.0 Å². The van der Waals surface area contributed by atoms with Gasteiger partial charge in [-0.15, -0.1) is 0 Å². The zero-order valence-corrected chi connectivity index (χ0v) is 9.38. The topological polar surface area (TPSA) is 40.5 Å². The minimum absolute atomic E-state index is 0.124. The normalized spacial score (nSPS) is 10.2. The molecule has 4 heteroatoms. The third kappa shape index (κ3) is 8.96. The van der Waals surface area contributed by atoms with Crippen LogP contribution in [0.2, 0.25) is 10.6 Å². The van der Waals surface area contributed by atoms with E-state index in [1.807, 2.05) is 0 Å². The molecule has 0 bridgehead atoms. The Balaban J connectivity index is 2.65. The van der Waals surface area contributed by atoms with Crippen molar-refractivity contribution in [2.75, 3.05) is 0 Å². The van der Waals surface area contributed by atoms with E-state index in [4.69, 9.17) is 8.38 Å². The van der Waals surface area contributed by atoms with Gasteiger partial charge in [-0.05, 0) is 0 Å². The van der Waals surface area contributed by atoms with Gasteiger partial charge in [0.1, 0.15) is 0 Å². The zero-order chi connectivity index (χ0) is 7.66. The molecule has 0 rings (SSSR count). The van der Waals surface area contributed by atoms with Crippen molar-refractivity contribution < 1.29 is 8.38 Å². The van der Waals surface area contributed by atoms with Crippen LogP contribution in [-0.2, 0) is 0 Å². The van der Waals surface area contributed by atoms with Crippen LogP contribution in [0.15, 0.2) is 0 Å².